The number of hydrogen-bond acceptors (Lipinski definition) is 4. The largest absolute Gasteiger partial charge is 0.381 e. The van der Waals surface area contributed by atoms with Gasteiger partial charge in [0.2, 0.25) is 5.91 Å². The molecule has 0 spiro atoms. The fourth-order valence-electron chi connectivity index (χ4n) is 3.79. The summed E-state index contributed by atoms with van der Waals surface area (Å²) in [7, 11) is 0. The van der Waals surface area contributed by atoms with Crippen LogP contribution in [-0.4, -0.2) is 43.7 Å². The number of nitrogens with two attached hydrogens (primary N) is 1. The third-order valence-corrected chi connectivity index (χ3v) is 5.65. The quantitative estimate of drug-likeness (QED) is 0.746. The molecule has 1 aromatic rings. The molecule has 1 amide bonds. The Labute approximate surface area is 175 Å². The highest BCUT2D eigenvalue weighted by molar-refractivity contribution is 5.85. The number of amides is 1. The van der Waals surface area contributed by atoms with Crippen LogP contribution in [-0.2, 0) is 22.6 Å². The first-order chi connectivity index (χ1) is 12.2. The standard InChI is InChI=1S/C20H31N3O2.2ClH/c21-16-20(8-12-25-13-9-20)19(24)22-14-17-4-6-18(7-5-17)15-23-10-2-1-3-11-23;;/h4-7H,1-3,8-16,21H2,(H,22,24);2*1H. The molecule has 0 bridgehead atoms. The maximum Gasteiger partial charge on any atom is 0.227 e. The zero-order valence-electron chi connectivity index (χ0n) is 16.0. The van der Waals surface area contributed by atoms with Gasteiger partial charge in [-0.2, -0.15) is 0 Å². The lowest BCUT2D eigenvalue weighted by Gasteiger charge is -2.34. The van der Waals surface area contributed by atoms with Crippen molar-refractivity contribution in [1.82, 2.24) is 10.2 Å². The molecule has 7 heteroatoms. The van der Waals surface area contributed by atoms with Crippen molar-refractivity contribution in [2.75, 3.05) is 32.8 Å². The number of hydrogen-bond donors (Lipinski definition) is 2. The molecule has 0 atom stereocenters. The number of ether oxygens (including phenoxy) is 1. The summed E-state index contributed by atoms with van der Waals surface area (Å²) in [5.41, 5.74) is 7.93. The fraction of sp³-hybridized carbons (Fsp3) is 0.650. The molecule has 154 valence electrons. The average Bonchev–Trinajstić information content (AvgIpc) is 2.68. The number of benzene rings is 1. The van der Waals surface area contributed by atoms with Gasteiger partial charge in [0.05, 0.1) is 5.41 Å². The molecular formula is C20H33Cl2N3O2. The first kappa shape index (κ1) is 24.2. The monoisotopic (exact) mass is 417 g/mol. The Morgan fingerprint density at radius 3 is 2.22 bits per heavy atom. The SMILES string of the molecule is Cl.Cl.NCC1(C(=O)NCc2ccc(CN3CCCCC3)cc2)CCOCC1. The highest BCUT2D eigenvalue weighted by Gasteiger charge is 2.38. The summed E-state index contributed by atoms with van der Waals surface area (Å²) >= 11 is 0. The molecule has 2 heterocycles. The Balaban J connectivity index is 0.00000182. The molecule has 0 saturated carbocycles. The highest BCUT2D eigenvalue weighted by Crippen LogP contribution is 2.29. The predicted molar refractivity (Wildman–Crippen MR) is 113 cm³/mol. The van der Waals surface area contributed by atoms with Gasteiger partial charge >= 0.3 is 0 Å². The lowest BCUT2D eigenvalue weighted by molar-refractivity contribution is -0.136. The van der Waals surface area contributed by atoms with Crippen LogP contribution in [0.5, 0.6) is 0 Å². The number of nitrogens with zero attached hydrogens (tertiary/aromatic N) is 1. The van der Waals surface area contributed by atoms with Crippen molar-refractivity contribution in [3.05, 3.63) is 35.4 Å². The summed E-state index contributed by atoms with van der Waals surface area (Å²) in [4.78, 5) is 15.1. The number of likely N-dealkylation sites (tertiary alicyclic amines) is 1. The number of nitrogens with one attached hydrogen (secondary N) is 1. The predicted octanol–water partition coefficient (Wildman–Crippen LogP) is 2.89. The van der Waals surface area contributed by atoms with Crippen molar-refractivity contribution >= 4 is 30.7 Å². The molecule has 2 aliphatic heterocycles. The molecule has 0 aliphatic carbocycles. The number of halogens is 2. The van der Waals surface area contributed by atoms with Gasteiger partial charge in [0.25, 0.3) is 0 Å². The summed E-state index contributed by atoms with van der Waals surface area (Å²) in [5, 5.41) is 3.08. The molecule has 0 radical (unpaired) electrons. The van der Waals surface area contributed by atoms with Gasteiger partial charge in [0, 0.05) is 32.8 Å². The van der Waals surface area contributed by atoms with Crippen LogP contribution in [0.1, 0.15) is 43.2 Å². The third kappa shape index (κ3) is 6.61. The van der Waals surface area contributed by atoms with Crippen molar-refractivity contribution in [1.29, 1.82) is 0 Å². The van der Waals surface area contributed by atoms with Crippen LogP contribution in [0, 0.1) is 5.41 Å². The van der Waals surface area contributed by atoms with E-state index in [1.807, 2.05) is 0 Å². The summed E-state index contributed by atoms with van der Waals surface area (Å²) in [6.45, 7) is 5.64. The van der Waals surface area contributed by atoms with E-state index in [-0.39, 0.29) is 30.7 Å². The second kappa shape index (κ2) is 11.9. The van der Waals surface area contributed by atoms with Gasteiger partial charge in [-0.05, 0) is 49.9 Å². The van der Waals surface area contributed by atoms with E-state index in [2.05, 4.69) is 34.5 Å². The van der Waals surface area contributed by atoms with E-state index in [1.165, 1.54) is 37.9 Å². The summed E-state index contributed by atoms with van der Waals surface area (Å²) < 4.78 is 5.38. The van der Waals surface area contributed by atoms with Crippen LogP contribution >= 0.6 is 24.8 Å². The third-order valence-electron chi connectivity index (χ3n) is 5.65. The van der Waals surface area contributed by atoms with Gasteiger partial charge < -0.3 is 15.8 Å². The molecule has 5 nitrogen and oxygen atoms in total. The second-order valence-corrected chi connectivity index (χ2v) is 7.43. The van der Waals surface area contributed by atoms with Crippen LogP contribution in [0.2, 0.25) is 0 Å². The van der Waals surface area contributed by atoms with Crippen molar-refractivity contribution in [3.63, 3.8) is 0 Å². The molecule has 27 heavy (non-hydrogen) atoms. The van der Waals surface area contributed by atoms with E-state index in [9.17, 15) is 4.79 Å². The first-order valence-electron chi connectivity index (χ1n) is 9.58. The lowest BCUT2D eigenvalue weighted by Crippen LogP contribution is -2.48. The van der Waals surface area contributed by atoms with Crippen LogP contribution in [0.4, 0.5) is 0 Å². The number of carbonyl (C=O) groups excluding carboxylic acids is 1. The van der Waals surface area contributed by atoms with Gasteiger partial charge in [-0.25, -0.2) is 0 Å². The Kier molecular flexibility index (Phi) is 10.6. The Morgan fingerprint density at radius 2 is 1.63 bits per heavy atom. The van der Waals surface area contributed by atoms with Crippen LogP contribution in [0.15, 0.2) is 24.3 Å². The van der Waals surface area contributed by atoms with Gasteiger partial charge in [0.1, 0.15) is 0 Å². The smallest absolute Gasteiger partial charge is 0.227 e. The number of piperidine rings is 1. The minimum absolute atomic E-state index is 0. The van der Waals surface area contributed by atoms with Gasteiger partial charge in [-0.1, -0.05) is 30.7 Å². The lowest BCUT2D eigenvalue weighted by atomic mass is 9.79. The number of rotatable bonds is 6. The first-order valence-corrected chi connectivity index (χ1v) is 9.58. The van der Waals surface area contributed by atoms with Gasteiger partial charge in [-0.15, -0.1) is 24.8 Å². The molecule has 3 rings (SSSR count). The highest BCUT2D eigenvalue weighted by atomic mass is 35.5. The van der Waals surface area contributed by atoms with Crippen LogP contribution < -0.4 is 11.1 Å². The molecule has 0 aromatic heterocycles. The maximum absolute atomic E-state index is 12.6. The van der Waals surface area contributed by atoms with Gasteiger partial charge in [0.15, 0.2) is 0 Å². The van der Waals surface area contributed by atoms with Crippen LogP contribution in [0.3, 0.4) is 0 Å². The zero-order chi connectivity index (χ0) is 17.5. The molecule has 3 N–H and O–H groups in total. The van der Waals surface area contributed by atoms with E-state index < -0.39 is 5.41 Å². The topological polar surface area (TPSA) is 67.6 Å². The molecule has 0 unspecified atom stereocenters. The van der Waals surface area contributed by atoms with Crippen molar-refractivity contribution in [2.45, 2.75) is 45.2 Å². The second-order valence-electron chi connectivity index (χ2n) is 7.43. The molecule has 1 aromatic carbocycles. The van der Waals surface area contributed by atoms with Crippen LogP contribution in [0.25, 0.3) is 0 Å². The fourth-order valence-corrected chi connectivity index (χ4v) is 3.79. The maximum atomic E-state index is 12.6. The van der Waals surface area contributed by atoms with E-state index >= 15 is 0 Å². The summed E-state index contributed by atoms with van der Waals surface area (Å²) in [5.74, 6) is 0.0655. The van der Waals surface area contributed by atoms with Gasteiger partial charge in [-0.3, -0.25) is 9.69 Å². The average molecular weight is 418 g/mol. The number of carbonyl (C=O) groups is 1. The van der Waals surface area contributed by atoms with E-state index in [0.717, 1.165) is 12.1 Å². The van der Waals surface area contributed by atoms with E-state index in [0.29, 0.717) is 39.1 Å². The Morgan fingerprint density at radius 1 is 1.04 bits per heavy atom. The summed E-state index contributed by atoms with van der Waals surface area (Å²) in [6, 6.07) is 8.61. The van der Waals surface area contributed by atoms with Crippen molar-refractivity contribution in [2.24, 2.45) is 11.1 Å². The normalized spacial score (nSPS) is 19.4. The molecule has 2 fully saturated rings. The Hall–Kier alpha value is -0.850. The molecule has 2 saturated heterocycles. The zero-order valence-corrected chi connectivity index (χ0v) is 17.6. The molecular weight excluding hydrogens is 385 g/mol. The van der Waals surface area contributed by atoms with Crippen molar-refractivity contribution in [3.8, 4) is 0 Å². The van der Waals surface area contributed by atoms with Crippen molar-refractivity contribution < 1.29 is 9.53 Å². The minimum Gasteiger partial charge on any atom is -0.381 e. The minimum atomic E-state index is -0.452. The molecule has 2 aliphatic rings. The van der Waals surface area contributed by atoms with E-state index in [4.69, 9.17) is 10.5 Å². The summed E-state index contributed by atoms with van der Waals surface area (Å²) in [6.07, 6.45) is 5.43. The van der Waals surface area contributed by atoms with E-state index in [1.54, 1.807) is 0 Å². The Bertz CT molecular complexity index is 557.